The van der Waals surface area contributed by atoms with Gasteiger partial charge in [-0.2, -0.15) is 0 Å². The molecule has 2 aromatic rings. The minimum atomic E-state index is 0.637. The van der Waals surface area contributed by atoms with E-state index in [-0.39, 0.29) is 0 Å². The summed E-state index contributed by atoms with van der Waals surface area (Å²) in [6, 6.07) is 5.92. The van der Waals surface area contributed by atoms with Crippen LogP contribution in [-0.2, 0) is 0 Å². The van der Waals surface area contributed by atoms with E-state index >= 15 is 0 Å². The molecule has 0 atom stereocenters. The lowest BCUT2D eigenvalue weighted by Crippen LogP contribution is -1.93. The summed E-state index contributed by atoms with van der Waals surface area (Å²) in [5.41, 5.74) is 2.30. The quantitative estimate of drug-likeness (QED) is 0.637. The van der Waals surface area contributed by atoms with Gasteiger partial charge in [0.05, 0.1) is 12.6 Å². The Morgan fingerprint density at radius 3 is 3.00 bits per heavy atom. The summed E-state index contributed by atoms with van der Waals surface area (Å²) in [6.45, 7) is 2.04. The second-order valence-electron chi connectivity index (χ2n) is 2.76. The highest BCUT2D eigenvalue weighted by atomic mass is 16.5. The maximum atomic E-state index is 5.00. The van der Waals surface area contributed by atoms with Gasteiger partial charge >= 0.3 is 0 Å². The molecule has 12 heavy (non-hydrogen) atoms. The number of aryl methyl sites for hydroxylation is 1. The van der Waals surface area contributed by atoms with Crippen LogP contribution in [0.2, 0.25) is 0 Å². The first kappa shape index (κ1) is 7.16. The summed E-state index contributed by atoms with van der Waals surface area (Å²) in [4.78, 5) is 0. The Bertz CT molecular complexity index is 406. The van der Waals surface area contributed by atoms with Crippen molar-refractivity contribution >= 4 is 5.52 Å². The van der Waals surface area contributed by atoms with Gasteiger partial charge in [-0.3, -0.25) is 0 Å². The number of aromatic nitrogens is 2. The number of ether oxygens (including phenoxy) is 1. The number of rotatable bonds is 1. The van der Waals surface area contributed by atoms with Crippen LogP contribution in [0.5, 0.6) is 5.88 Å². The fraction of sp³-hybridized carbons (Fsp3) is 0.222. The molecule has 0 unspecified atom stereocenters. The number of hydrogen-bond acceptors (Lipinski definition) is 2. The van der Waals surface area contributed by atoms with E-state index in [9.17, 15) is 0 Å². The van der Waals surface area contributed by atoms with Gasteiger partial charge in [0, 0.05) is 12.3 Å². The van der Waals surface area contributed by atoms with Crippen molar-refractivity contribution in [2.24, 2.45) is 0 Å². The van der Waals surface area contributed by atoms with Gasteiger partial charge in [-0.05, 0) is 24.6 Å². The van der Waals surface area contributed by atoms with Gasteiger partial charge in [0.15, 0.2) is 0 Å². The molecule has 3 nitrogen and oxygen atoms in total. The molecule has 62 valence electrons. The summed E-state index contributed by atoms with van der Waals surface area (Å²) < 4.78 is 6.81. The number of methoxy groups -OCH3 is 1. The SMILES string of the molecule is COc1ccc2cc(C)cn2n1. The third-order valence-corrected chi connectivity index (χ3v) is 1.78. The second-order valence-corrected chi connectivity index (χ2v) is 2.76. The summed E-state index contributed by atoms with van der Waals surface area (Å²) >= 11 is 0. The van der Waals surface area contributed by atoms with Crippen LogP contribution < -0.4 is 4.74 Å². The van der Waals surface area contributed by atoms with Crippen molar-refractivity contribution in [2.45, 2.75) is 6.92 Å². The third kappa shape index (κ3) is 1.03. The highest BCUT2D eigenvalue weighted by molar-refractivity contribution is 5.49. The van der Waals surface area contributed by atoms with E-state index in [1.165, 1.54) is 5.56 Å². The molecule has 0 saturated carbocycles. The van der Waals surface area contributed by atoms with E-state index in [0.29, 0.717) is 5.88 Å². The first-order valence-electron chi connectivity index (χ1n) is 3.79. The zero-order chi connectivity index (χ0) is 8.55. The maximum Gasteiger partial charge on any atom is 0.231 e. The molecule has 2 aromatic heterocycles. The standard InChI is InChI=1S/C9H10N2O/c1-7-5-8-3-4-9(12-2)10-11(8)6-7/h3-6H,1-2H3. The Kier molecular flexibility index (Phi) is 1.50. The van der Waals surface area contributed by atoms with E-state index in [4.69, 9.17) is 4.74 Å². The van der Waals surface area contributed by atoms with E-state index in [0.717, 1.165) is 5.52 Å². The molecular weight excluding hydrogens is 152 g/mol. The molecule has 0 aliphatic carbocycles. The summed E-state index contributed by atoms with van der Waals surface area (Å²) in [6.07, 6.45) is 1.97. The van der Waals surface area contributed by atoms with Crippen LogP contribution in [0.1, 0.15) is 5.56 Å². The van der Waals surface area contributed by atoms with Crippen LogP contribution in [0.3, 0.4) is 0 Å². The van der Waals surface area contributed by atoms with Gasteiger partial charge in [-0.1, -0.05) is 0 Å². The molecular formula is C9H10N2O. The molecule has 0 aromatic carbocycles. The first-order valence-corrected chi connectivity index (χ1v) is 3.79. The Balaban J connectivity index is 2.66. The van der Waals surface area contributed by atoms with Crippen LogP contribution in [0.15, 0.2) is 24.4 Å². The summed E-state index contributed by atoms with van der Waals surface area (Å²) in [5, 5.41) is 4.21. The molecule has 2 heterocycles. The number of hydrogen-bond donors (Lipinski definition) is 0. The van der Waals surface area contributed by atoms with Crippen molar-refractivity contribution in [1.29, 1.82) is 0 Å². The predicted octanol–water partition coefficient (Wildman–Crippen LogP) is 1.65. The maximum absolute atomic E-state index is 5.00. The molecule has 0 saturated heterocycles. The van der Waals surface area contributed by atoms with Gasteiger partial charge < -0.3 is 4.74 Å². The Morgan fingerprint density at radius 1 is 1.42 bits per heavy atom. The smallest absolute Gasteiger partial charge is 0.231 e. The molecule has 0 amide bonds. The van der Waals surface area contributed by atoms with Crippen molar-refractivity contribution in [1.82, 2.24) is 9.61 Å². The Morgan fingerprint density at radius 2 is 2.25 bits per heavy atom. The van der Waals surface area contributed by atoms with Crippen LogP contribution in [0.25, 0.3) is 5.52 Å². The topological polar surface area (TPSA) is 26.5 Å². The summed E-state index contributed by atoms with van der Waals surface area (Å²) in [7, 11) is 1.62. The fourth-order valence-electron chi connectivity index (χ4n) is 1.22. The fourth-order valence-corrected chi connectivity index (χ4v) is 1.22. The van der Waals surface area contributed by atoms with Gasteiger partial charge in [-0.15, -0.1) is 5.10 Å². The molecule has 0 aliphatic rings. The number of fused-ring (bicyclic) bond motifs is 1. The first-order chi connectivity index (χ1) is 5.79. The van der Waals surface area contributed by atoms with E-state index < -0.39 is 0 Å². The van der Waals surface area contributed by atoms with Gasteiger partial charge in [0.25, 0.3) is 0 Å². The van der Waals surface area contributed by atoms with Crippen molar-refractivity contribution in [3.05, 3.63) is 30.0 Å². The minimum absolute atomic E-state index is 0.637. The molecule has 0 aliphatic heterocycles. The Labute approximate surface area is 70.6 Å². The van der Waals surface area contributed by atoms with Crippen molar-refractivity contribution in [2.75, 3.05) is 7.11 Å². The normalized spacial score (nSPS) is 10.5. The van der Waals surface area contributed by atoms with Crippen LogP contribution in [-0.4, -0.2) is 16.7 Å². The summed E-state index contributed by atoms with van der Waals surface area (Å²) in [5.74, 6) is 0.637. The highest BCUT2D eigenvalue weighted by Gasteiger charge is 1.97. The predicted molar refractivity (Wildman–Crippen MR) is 46.5 cm³/mol. The third-order valence-electron chi connectivity index (χ3n) is 1.78. The molecule has 0 fully saturated rings. The van der Waals surface area contributed by atoms with Gasteiger partial charge in [0.1, 0.15) is 0 Å². The minimum Gasteiger partial charge on any atom is -0.480 e. The molecule has 0 spiro atoms. The van der Waals surface area contributed by atoms with Gasteiger partial charge in [-0.25, -0.2) is 4.52 Å². The zero-order valence-corrected chi connectivity index (χ0v) is 7.11. The van der Waals surface area contributed by atoms with Crippen LogP contribution >= 0.6 is 0 Å². The largest absolute Gasteiger partial charge is 0.480 e. The van der Waals surface area contributed by atoms with Crippen LogP contribution in [0.4, 0.5) is 0 Å². The average Bonchev–Trinajstić information content (AvgIpc) is 2.43. The molecule has 3 heteroatoms. The van der Waals surface area contributed by atoms with E-state index in [1.807, 2.05) is 29.8 Å². The molecule has 0 bridgehead atoms. The lowest BCUT2D eigenvalue weighted by atomic mass is 10.3. The second kappa shape index (κ2) is 2.52. The number of nitrogens with zero attached hydrogens (tertiary/aromatic N) is 2. The molecule has 0 radical (unpaired) electrons. The van der Waals surface area contributed by atoms with E-state index in [2.05, 4.69) is 11.2 Å². The lowest BCUT2D eigenvalue weighted by Gasteiger charge is -1.97. The molecule has 2 rings (SSSR count). The van der Waals surface area contributed by atoms with Crippen LogP contribution in [0, 0.1) is 6.92 Å². The van der Waals surface area contributed by atoms with Crippen molar-refractivity contribution in [3.8, 4) is 5.88 Å². The monoisotopic (exact) mass is 162 g/mol. The molecule has 0 N–H and O–H groups in total. The van der Waals surface area contributed by atoms with Crippen molar-refractivity contribution in [3.63, 3.8) is 0 Å². The van der Waals surface area contributed by atoms with E-state index in [1.54, 1.807) is 7.11 Å². The zero-order valence-electron chi connectivity index (χ0n) is 7.11. The van der Waals surface area contributed by atoms with Gasteiger partial charge in [0.2, 0.25) is 5.88 Å². The average molecular weight is 162 g/mol. The van der Waals surface area contributed by atoms with Crippen molar-refractivity contribution < 1.29 is 4.74 Å². The Hall–Kier alpha value is -1.51. The lowest BCUT2D eigenvalue weighted by molar-refractivity contribution is 0.390. The highest BCUT2D eigenvalue weighted by Crippen LogP contribution is 2.11.